The molecule has 2 N–H and O–H groups in total. The van der Waals surface area contributed by atoms with Crippen LogP contribution in [0.15, 0.2) is 0 Å². The molecule has 0 fully saturated rings. The first-order valence-corrected chi connectivity index (χ1v) is 1.19. The van der Waals surface area contributed by atoms with Gasteiger partial charge in [0, 0.05) is 6.92 Å². The van der Waals surface area contributed by atoms with Gasteiger partial charge in [0.05, 0.1) is 0 Å². The van der Waals surface area contributed by atoms with E-state index in [-0.39, 0.29) is 0 Å². The number of hydrogen-bond acceptors (Lipinski definition) is 2. The minimum absolute atomic E-state index is 1.65. The Balaban J connectivity index is 2.81. The van der Waals surface area contributed by atoms with Crippen molar-refractivity contribution < 1.29 is 4.84 Å². The Hall–Kier alpha value is -0.680. The molecule has 0 aromatic heterocycles. The van der Waals surface area contributed by atoms with E-state index in [1.165, 1.54) is 0 Å². The molecule has 0 bridgehead atoms. The van der Waals surface area contributed by atoms with E-state index in [0.29, 0.717) is 0 Å². The van der Waals surface area contributed by atoms with Crippen molar-refractivity contribution in [1.82, 2.24) is 0 Å². The first-order chi connectivity index (χ1) is 2.41. The van der Waals surface area contributed by atoms with Gasteiger partial charge in [0.2, 0.25) is 0 Å². The van der Waals surface area contributed by atoms with E-state index in [1.54, 1.807) is 6.92 Å². The Morgan fingerprint density at radius 3 is 2.40 bits per heavy atom. The first kappa shape index (κ1) is 4.32. The molecule has 0 aliphatic rings. The van der Waals surface area contributed by atoms with Gasteiger partial charge < -0.3 is 4.84 Å². The van der Waals surface area contributed by atoms with Gasteiger partial charge in [-0.3, -0.25) is 0 Å². The third-order valence-electron chi connectivity index (χ3n) is 0.161. The van der Waals surface area contributed by atoms with Crippen LogP contribution in [0.1, 0.15) is 6.92 Å². The molecule has 5 heavy (non-hydrogen) atoms. The van der Waals surface area contributed by atoms with Gasteiger partial charge in [-0.05, 0) is 0 Å². The summed E-state index contributed by atoms with van der Waals surface area (Å²) in [4.78, 5) is 3.83. The van der Waals surface area contributed by atoms with Crippen molar-refractivity contribution in [3.05, 3.63) is 0 Å². The molecule has 2 nitrogen and oxygen atoms in total. The van der Waals surface area contributed by atoms with Crippen LogP contribution in [0, 0.1) is 12.0 Å². The van der Waals surface area contributed by atoms with E-state index in [1.807, 2.05) is 0 Å². The van der Waals surface area contributed by atoms with Gasteiger partial charge in [0.1, 0.15) is 6.11 Å². The third-order valence-corrected chi connectivity index (χ3v) is 0.161. The SMILES string of the molecule is CC#CON. The maximum Gasteiger partial charge on any atom is 0.137 e. The van der Waals surface area contributed by atoms with Gasteiger partial charge >= 0.3 is 0 Å². The fourth-order valence-corrected chi connectivity index (χ4v) is 0.0589. The summed E-state index contributed by atoms with van der Waals surface area (Å²) in [7, 11) is 0. The smallest absolute Gasteiger partial charge is 0.137 e. The fraction of sp³-hybridized carbons (Fsp3) is 0.333. The van der Waals surface area contributed by atoms with Gasteiger partial charge in [0.15, 0.2) is 0 Å². The normalized spacial score (nSPS) is 4.40. The lowest BCUT2D eigenvalue weighted by atomic mass is 10.8. The Morgan fingerprint density at radius 1 is 1.80 bits per heavy atom. The zero-order chi connectivity index (χ0) is 4.12. The summed E-state index contributed by atoms with van der Waals surface area (Å²) in [5.41, 5.74) is 0. The lowest BCUT2D eigenvalue weighted by Gasteiger charge is -1.68. The standard InChI is InChI=1S/C3H5NO/c1-2-3-5-4/h4H2,1H3. The van der Waals surface area contributed by atoms with Gasteiger partial charge in [0.25, 0.3) is 0 Å². The van der Waals surface area contributed by atoms with Crippen LogP contribution >= 0.6 is 0 Å². The third kappa shape index (κ3) is 3.32. The highest BCUT2D eigenvalue weighted by atomic mass is 16.6. The van der Waals surface area contributed by atoms with E-state index >= 15 is 0 Å². The Kier molecular flexibility index (Phi) is 2.87. The van der Waals surface area contributed by atoms with Gasteiger partial charge in [-0.15, -0.1) is 0 Å². The monoisotopic (exact) mass is 71.0 g/mol. The second-order valence-corrected chi connectivity index (χ2v) is 0.470. The molecular weight excluding hydrogens is 66.0 g/mol. The average Bonchev–Trinajstić information content (AvgIpc) is 1.41. The lowest BCUT2D eigenvalue weighted by molar-refractivity contribution is 0.291. The molecule has 0 spiro atoms. The number of hydrogen-bond donors (Lipinski definition) is 1. The quantitative estimate of drug-likeness (QED) is 0.318. The molecule has 0 rings (SSSR count). The van der Waals surface area contributed by atoms with Crippen LogP contribution in [-0.2, 0) is 4.84 Å². The molecule has 28 valence electrons. The molecule has 0 unspecified atom stereocenters. The van der Waals surface area contributed by atoms with Crippen molar-refractivity contribution in [3.8, 4) is 12.0 Å². The summed E-state index contributed by atoms with van der Waals surface area (Å²) in [6.07, 6.45) is 2.14. The molecular formula is C3H5NO. The molecule has 2 heteroatoms. The molecule has 0 aliphatic carbocycles. The number of rotatable bonds is 0. The zero-order valence-corrected chi connectivity index (χ0v) is 2.99. The van der Waals surface area contributed by atoms with Gasteiger partial charge in [-0.1, -0.05) is 5.92 Å². The summed E-state index contributed by atoms with van der Waals surface area (Å²) in [6.45, 7) is 1.65. The molecule has 0 heterocycles. The van der Waals surface area contributed by atoms with E-state index in [4.69, 9.17) is 0 Å². The molecule has 0 aromatic rings. The van der Waals surface area contributed by atoms with Crippen LogP contribution in [0.25, 0.3) is 0 Å². The van der Waals surface area contributed by atoms with E-state index < -0.39 is 0 Å². The highest BCUT2D eigenvalue weighted by Crippen LogP contribution is 1.43. The van der Waals surface area contributed by atoms with E-state index in [0.717, 1.165) is 0 Å². The summed E-state index contributed by atoms with van der Waals surface area (Å²) in [6, 6.07) is 0. The topological polar surface area (TPSA) is 35.2 Å². The van der Waals surface area contributed by atoms with Gasteiger partial charge in [-0.2, -0.15) is 5.90 Å². The van der Waals surface area contributed by atoms with Crippen LogP contribution < -0.4 is 5.90 Å². The van der Waals surface area contributed by atoms with Crippen LogP contribution in [0.3, 0.4) is 0 Å². The molecule has 0 atom stereocenters. The lowest BCUT2D eigenvalue weighted by Crippen LogP contribution is -1.86. The Labute approximate surface area is 30.9 Å². The average molecular weight is 71.1 g/mol. The van der Waals surface area contributed by atoms with Crippen molar-refractivity contribution in [2.45, 2.75) is 6.92 Å². The minimum Gasteiger partial charge on any atom is -0.359 e. The van der Waals surface area contributed by atoms with Crippen molar-refractivity contribution in [3.63, 3.8) is 0 Å². The summed E-state index contributed by atoms with van der Waals surface area (Å²) in [5.74, 6) is 6.89. The van der Waals surface area contributed by atoms with Crippen molar-refractivity contribution >= 4 is 0 Å². The predicted molar refractivity (Wildman–Crippen MR) is 18.7 cm³/mol. The molecule has 0 amide bonds. The summed E-state index contributed by atoms with van der Waals surface area (Å²) >= 11 is 0. The Bertz CT molecular complexity index is 59.0. The predicted octanol–water partition coefficient (Wildman–Crippen LogP) is -0.142. The molecule has 0 aromatic carbocycles. The molecule has 0 radical (unpaired) electrons. The minimum atomic E-state index is 1.65. The zero-order valence-electron chi connectivity index (χ0n) is 2.99. The van der Waals surface area contributed by atoms with E-state index in [2.05, 4.69) is 22.8 Å². The molecule has 0 saturated heterocycles. The second kappa shape index (κ2) is 3.32. The second-order valence-electron chi connectivity index (χ2n) is 0.470. The van der Waals surface area contributed by atoms with Crippen LogP contribution in [-0.4, -0.2) is 0 Å². The number of nitrogens with two attached hydrogens (primary N) is 1. The van der Waals surface area contributed by atoms with Crippen LogP contribution in [0.5, 0.6) is 0 Å². The van der Waals surface area contributed by atoms with Crippen molar-refractivity contribution in [2.24, 2.45) is 5.90 Å². The van der Waals surface area contributed by atoms with Crippen LogP contribution in [0.4, 0.5) is 0 Å². The maximum absolute atomic E-state index is 4.47. The highest BCUT2D eigenvalue weighted by molar-refractivity contribution is 4.83. The fourth-order valence-electron chi connectivity index (χ4n) is 0.0589. The molecule has 0 saturated carbocycles. The summed E-state index contributed by atoms with van der Waals surface area (Å²) < 4.78 is 0. The highest BCUT2D eigenvalue weighted by Gasteiger charge is 1.43. The summed E-state index contributed by atoms with van der Waals surface area (Å²) in [5, 5.41) is 0. The van der Waals surface area contributed by atoms with Crippen molar-refractivity contribution in [1.29, 1.82) is 0 Å². The van der Waals surface area contributed by atoms with Crippen LogP contribution in [0.2, 0.25) is 0 Å². The van der Waals surface area contributed by atoms with Gasteiger partial charge in [-0.25, -0.2) is 0 Å². The molecule has 0 aliphatic heterocycles. The van der Waals surface area contributed by atoms with E-state index in [9.17, 15) is 0 Å². The first-order valence-electron chi connectivity index (χ1n) is 1.19. The largest absolute Gasteiger partial charge is 0.359 e. The van der Waals surface area contributed by atoms with Crippen molar-refractivity contribution in [2.75, 3.05) is 0 Å². The maximum atomic E-state index is 4.47. The Morgan fingerprint density at radius 2 is 2.40 bits per heavy atom.